The number of halogens is 2. The molecule has 104 valence electrons. The topological polar surface area (TPSA) is 92.5 Å². The van der Waals surface area contributed by atoms with E-state index >= 15 is 0 Å². The molecular weight excluding hydrogens is 323 g/mol. The Kier molecular flexibility index (Phi) is 5.22. The van der Waals surface area contributed by atoms with E-state index in [9.17, 15) is 19.3 Å². The molecule has 19 heavy (non-hydrogen) atoms. The van der Waals surface area contributed by atoms with E-state index in [4.69, 9.17) is 5.11 Å². The highest BCUT2D eigenvalue weighted by Gasteiger charge is 2.19. The predicted octanol–water partition coefficient (Wildman–Crippen LogP) is 3.16. The van der Waals surface area contributed by atoms with Gasteiger partial charge < -0.3 is 10.4 Å². The molecule has 0 saturated heterocycles. The second-order valence-corrected chi connectivity index (χ2v) is 4.87. The number of hydrogen-bond donors (Lipinski definition) is 2. The fourth-order valence-electron chi connectivity index (χ4n) is 1.48. The van der Waals surface area contributed by atoms with Gasteiger partial charge in [-0.15, -0.1) is 0 Å². The molecule has 8 heteroatoms. The summed E-state index contributed by atoms with van der Waals surface area (Å²) in [6.45, 7) is 1.67. The molecular formula is C11H12BrFN2O4. The number of hydrogen-bond acceptors (Lipinski definition) is 4. The number of carboxylic acids is 1. The molecule has 1 aromatic carbocycles. The molecule has 0 fully saturated rings. The number of benzene rings is 1. The smallest absolute Gasteiger partial charge is 0.303 e. The Morgan fingerprint density at radius 2 is 2.26 bits per heavy atom. The number of nitro benzene ring substituents is 1. The zero-order valence-electron chi connectivity index (χ0n) is 10.0. The van der Waals surface area contributed by atoms with Gasteiger partial charge in [0, 0.05) is 24.6 Å². The van der Waals surface area contributed by atoms with Crippen molar-refractivity contribution in [1.29, 1.82) is 0 Å². The van der Waals surface area contributed by atoms with Crippen LogP contribution in [0.3, 0.4) is 0 Å². The lowest BCUT2D eigenvalue weighted by atomic mass is 10.1. The molecule has 2 N–H and O–H groups in total. The van der Waals surface area contributed by atoms with Crippen molar-refractivity contribution >= 4 is 33.3 Å². The summed E-state index contributed by atoms with van der Waals surface area (Å²) < 4.78 is 13.4. The van der Waals surface area contributed by atoms with Crippen LogP contribution in [0.4, 0.5) is 15.8 Å². The van der Waals surface area contributed by atoms with Gasteiger partial charge in [0.2, 0.25) is 0 Å². The van der Waals surface area contributed by atoms with Gasteiger partial charge in [-0.25, -0.2) is 4.39 Å². The van der Waals surface area contributed by atoms with Gasteiger partial charge in [0.05, 0.1) is 9.40 Å². The van der Waals surface area contributed by atoms with Crippen molar-refractivity contribution in [2.45, 2.75) is 25.8 Å². The monoisotopic (exact) mass is 334 g/mol. The van der Waals surface area contributed by atoms with Gasteiger partial charge in [-0.1, -0.05) is 0 Å². The number of carbonyl (C=O) groups is 1. The Balaban J connectivity index is 2.90. The number of anilines is 1. The largest absolute Gasteiger partial charge is 0.481 e. The molecule has 0 aliphatic carbocycles. The van der Waals surface area contributed by atoms with Crippen LogP contribution in [0.2, 0.25) is 0 Å². The lowest BCUT2D eigenvalue weighted by molar-refractivity contribution is -0.384. The Hall–Kier alpha value is -1.70. The molecule has 1 unspecified atom stereocenters. The molecule has 1 aromatic rings. The van der Waals surface area contributed by atoms with Crippen LogP contribution >= 0.6 is 15.9 Å². The summed E-state index contributed by atoms with van der Waals surface area (Å²) in [4.78, 5) is 20.7. The van der Waals surface area contributed by atoms with Crippen LogP contribution < -0.4 is 5.32 Å². The molecule has 0 radical (unpaired) electrons. The Labute approximate surface area is 116 Å². The zero-order valence-corrected chi connectivity index (χ0v) is 11.6. The quantitative estimate of drug-likeness (QED) is 0.615. The SMILES string of the molecule is CC(CCC(=O)O)Nc1cc(F)c(Br)cc1[N+](=O)[O-]. The Bertz CT molecular complexity index is 510. The zero-order chi connectivity index (χ0) is 14.6. The van der Waals surface area contributed by atoms with Crippen LogP contribution in [0.5, 0.6) is 0 Å². The predicted molar refractivity (Wildman–Crippen MR) is 70.7 cm³/mol. The van der Waals surface area contributed by atoms with E-state index in [0.717, 1.165) is 12.1 Å². The number of nitrogens with one attached hydrogen (secondary N) is 1. The number of carboxylic acid groups (broad SMARTS) is 1. The van der Waals surface area contributed by atoms with Crippen LogP contribution in [-0.2, 0) is 4.79 Å². The van der Waals surface area contributed by atoms with Gasteiger partial charge in [-0.2, -0.15) is 0 Å². The minimum absolute atomic E-state index is 0.00272. The second kappa shape index (κ2) is 6.46. The normalized spacial score (nSPS) is 11.9. The van der Waals surface area contributed by atoms with Crippen LogP contribution in [-0.4, -0.2) is 22.0 Å². The summed E-state index contributed by atoms with van der Waals surface area (Å²) in [5.41, 5.74) is -0.237. The average molecular weight is 335 g/mol. The minimum atomic E-state index is -0.954. The maximum absolute atomic E-state index is 13.4. The van der Waals surface area contributed by atoms with Gasteiger partial charge >= 0.3 is 5.97 Å². The molecule has 0 spiro atoms. The first kappa shape index (κ1) is 15.4. The Morgan fingerprint density at radius 1 is 1.63 bits per heavy atom. The third-order valence-corrected chi connectivity index (χ3v) is 3.04. The molecule has 0 aliphatic rings. The van der Waals surface area contributed by atoms with Crippen molar-refractivity contribution in [2.24, 2.45) is 0 Å². The fourth-order valence-corrected chi connectivity index (χ4v) is 1.81. The lowest BCUT2D eigenvalue weighted by Gasteiger charge is -2.14. The van der Waals surface area contributed by atoms with Crippen LogP contribution in [0.25, 0.3) is 0 Å². The van der Waals surface area contributed by atoms with Gasteiger partial charge in [0.25, 0.3) is 5.69 Å². The molecule has 1 rings (SSSR count). The van der Waals surface area contributed by atoms with Crippen LogP contribution in [0.15, 0.2) is 16.6 Å². The first-order chi connectivity index (χ1) is 8.81. The maximum atomic E-state index is 13.4. The summed E-state index contributed by atoms with van der Waals surface area (Å²) in [6, 6.07) is 1.76. The summed E-state index contributed by atoms with van der Waals surface area (Å²) in [6.07, 6.45) is 0.213. The molecule has 0 bridgehead atoms. The van der Waals surface area contributed by atoms with E-state index in [0.29, 0.717) is 0 Å². The van der Waals surface area contributed by atoms with Crippen LogP contribution in [0.1, 0.15) is 19.8 Å². The van der Waals surface area contributed by atoms with E-state index in [1.54, 1.807) is 6.92 Å². The first-order valence-electron chi connectivity index (χ1n) is 5.43. The first-order valence-corrected chi connectivity index (χ1v) is 6.22. The van der Waals surface area contributed by atoms with E-state index in [-0.39, 0.29) is 34.7 Å². The van der Waals surface area contributed by atoms with Crippen molar-refractivity contribution in [1.82, 2.24) is 0 Å². The molecule has 0 saturated carbocycles. The van der Waals surface area contributed by atoms with Crippen molar-refractivity contribution in [3.8, 4) is 0 Å². The molecule has 0 heterocycles. The number of nitro groups is 1. The highest BCUT2D eigenvalue weighted by Crippen LogP contribution is 2.31. The lowest BCUT2D eigenvalue weighted by Crippen LogP contribution is -2.17. The molecule has 0 aliphatic heterocycles. The summed E-state index contributed by atoms with van der Waals surface area (Å²) in [7, 11) is 0. The number of aliphatic carboxylic acids is 1. The van der Waals surface area contributed by atoms with Crippen molar-refractivity contribution in [3.05, 3.63) is 32.5 Å². The van der Waals surface area contributed by atoms with Crippen molar-refractivity contribution in [3.63, 3.8) is 0 Å². The van der Waals surface area contributed by atoms with E-state index in [2.05, 4.69) is 21.2 Å². The van der Waals surface area contributed by atoms with Crippen LogP contribution in [0, 0.1) is 15.9 Å². The second-order valence-electron chi connectivity index (χ2n) is 4.02. The van der Waals surface area contributed by atoms with E-state index in [1.807, 2.05) is 0 Å². The van der Waals surface area contributed by atoms with Gasteiger partial charge in [0.15, 0.2) is 0 Å². The van der Waals surface area contributed by atoms with E-state index < -0.39 is 16.7 Å². The summed E-state index contributed by atoms with van der Waals surface area (Å²) in [5.74, 6) is -1.58. The highest BCUT2D eigenvalue weighted by atomic mass is 79.9. The van der Waals surface area contributed by atoms with Gasteiger partial charge in [-0.05, 0) is 29.3 Å². The highest BCUT2D eigenvalue weighted by molar-refractivity contribution is 9.10. The maximum Gasteiger partial charge on any atom is 0.303 e. The van der Waals surface area contributed by atoms with Gasteiger partial charge in [0.1, 0.15) is 11.5 Å². The molecule has 1 atom stereocenters. The average Bonchev–Trinajstić information content (AvgIpc) is 2.30. The third-order valence-electron chi connectivity index (χ3n) is 2.43. The minimum Gasteiger partial charge on any atom is -0.481 e. The Morgan fingerprint density at radius 3 is 2.79 bits per heavy atom. The third kappa shape index (κ3) is 4.47. The standard InChI is InChI=1S/C11H12BrFN2O4/c1-6(2-3-11(16)17)14-9-5-8(13)7(12)4-10(9)15(18)19/h4-6,14H,2-3H2,1H3,(H,16,17). The molecule has 6 nitrogen and oxygen atoms in total. The molecule has 0 amide bonds. The van der Waals surface area contributed by atoms with Gasteiger partial charge in [-0.3, -0.25) is 14.9 Å². The number of nitrogens with zero attached hydrogens (tertiary/aromatic N) is 1. The molecule has 0 aromatic heterocycles. The van der Waals surface area contributed by atoms with Crippen molar-refractivity contribution in [2.75, 3.05) is 5.32 Å². The summed E-state index contributed by atoms with van der Waals surface area (Å²) in [5, 5.41) is 22.2. The summed E-state index contributed by atoms with van der Waals surface area (Å²) >= 11 is 2.88. The van der Waals surface area contributed by atoms with Crippen molar-refractivity contribution < 1.29 is 19.2 Å². The fraction of sp³-hybridized carbons (Fsp3) is 0.364. The van der Waals surface area contributed by atoms with E-state index in [1.165, 1.54) is 0 Å². The number of rotatable bonds is 6.